The van der Waals surface area contributed by atoms with Crippen LogP contribution in [0, 0.1) is 15.9 Å². The first-order chi connectivity index (χ1) is 15.9. The average molecular weight is 464 g/mol. The van der Waals surface area contributed by atoms with Gasteiger partial charge in [0, 0.05) is 12.1 Å². The second-order valence-electron chi connectivity index (χ2n) is 7.18. The molecule has 0 spiro atoms. The number of rotatable bonds is 7. The number of amides is 2. The molecule has 0 aliphatic carbocycles. The van der Waals surface area contributed by atoms with Gasteiger partial charge in [-0.25, -0.2) is 4.39 Å². The largest absolute Gasteiger partial charge is 0.489 e. The van der Waals surface area contributed by atoms with Crippen LogP contribution in [0.3, 0.4) is 0 Å². The molecule has 1 fully saturated rings. The number of carbonyl (C=O) groups excluding carboxylic acids is 2. The summed E-state index contributed by atoms with van der Waals surface area (Å²) in [6, 6.07) is 18.8. The van der Waals surface area contributed by atoms with E-state index in [1.54, 1.807) is 42.5 Å². The smallest absolute Gasteiger partial charge is 0.293 e. The second kappa shape index (κ2) is 9.66. The lowest BCUT2D eigenvalue weighted by Gasteiger charge is -2.12. The number of ether oxygens (including phenoxy) is 1. The lowest BCUT2D eigenvalue weighted by atomic mass is 10.2. The van der Waals surface area contributed by atoms with Crippen molar-refractivity contribution < 1.29 is 23.6 Å². The van der Waals surface area contributed by atoms with Crippen LogP contribution in [-0.2, 0) is 17.9 Å². The van der Waals surface area contributed by atoms with Crippen LogP contribution in [-0.4, -0.2) is 21.0 Å². The summed E-state index contributed by atoms with van der Waals surface area (Å²) >= 11 is 0.859. The van der Waals surface area contributed by atoms with Crippen LogP contribution in [0.5, 0.6) is 5.75 Å². The fourth-order valence-electron chi connectivity index (χ4n) is 3.10. The first-order valence-corrected chi connectivity index (χ1v) is 10.7. The predicted octanol–water partition coefficient (Wildman–Crippen LogP) is 5.55. The van der Waals surface area contributed by atoms with Crippen LogP contribution in [0.2, 0.25) is 0 Å². The number of nitrogens with zero attached hydrogens (tertiary/aromatic N) is 2. The molecule has 0 bridgehead atoms. The third-order valence-electron chi connectivity index (χ3n) is 4.86. The van der Waals surface area contributed by atoms with E-state index in [0.29, 0.717) is 16.2 Å². The Labute approximate surface area is 192 Å². The number of hydrogen-bond acceptors (Lipinski definition) is 6. The third kappa shape index (κ3) is 5.45. The Balaban J connectivity index is 1.37. The van der Waals surface area contributed by atoms with E-state index in [2.05, 4.69) is 0 Å². The van der Waals surface area contributed by atoms with Gasteiger partial charge in [-0.2, -0.15) is 0 Å². The van der Waals surface area contributed by atoms with Crippen molar-refractivity contribution in [2.45, 2.75) is 13.2 Å². The molecule has 1 saturated heterocycles. The van der Waals surface area contributed by atoms with Crippen molar-refractivity contribution in [1.29, 1.82) is 0 Å². The molecule has 0 saturated carbocycles. The van der Waals surface area contributed by atoms with Crippen LogP contribution in [0.15, 0.2) is 77.7 Å². The van der Waals surface area contributed by atoms with Crippen molar-refractivity contribution in [3.8, 4) is 5.75 Å². The standard InChI is InChI=1S/C24H17FN2O5S/c25-19-7-1-17(2-8-19)14-26-23(28)22(33-24(26)29)13-16-5-11-21(12-6-16)32-15-18-3-9-20(10-4-18)27(30)31/h1-13H,14-15H2/b22-13-. The topological polar surface area (TPSA) is 89.7 Å². The summed E-state index contributed by atoms with van der Waals surface area (Å²) < 4.78 is 18.8. The summed E-state index contributed by atoms with van der Waals surface area (Å²) in [6.07, 6.45) is 1.63. The zero-order valence-electron chi connectivity index (χ0n) is 17.1. The Bertz CT molecular complexity index is 1230. The average Bonchev–Trinajstić information content (AvgIpc) is 3.07. The molecule has 1 heterocycles. The van der Waals surface area contributed by atoms with Crippen molar-refractivity contribution in [2.75, 3.05) is 0 Å². The second-order valence-corrected chi connectivity index (χ2v) is 8.17. The number of benzene rings is 3. The van der Waals surface area contributed by atoms with Gasteiger partial charge in [0.05, 0.1) is 16.4 Å². The molecule has 3 aromatic rings. The molecule has 0 radical (unpaired) electrons. The van der Waals surface area contributed by atoms with Crippen LogP contribution >= 0.6 is 11.8 Å². The van der Waals surface area contributed by atoms with Crippen molar-refractivity contribution in [3.05, 3.63) is 110 Å². The van der Waals surface area contributed by atoms with E-state index < -0.39 is 10.8 Å². The molecule has 1 aliphatic heterocycles. The van der Waals surface area contributed by atoms with Gasteiger partial charge in [0.25, 0.3) is 16.8 Å². The minimum Gasteiger partial charge on any atom is -0.489 e. The number of hydrogen-bond donors (Lipinski definition) is 0. The van der Waals surface area contributed by atoms with Crippen LogP contribution in [0.25, 0.3) is 6.08 Å². The molecular formula is C24H17FN2O5S. The Hall–Kier alpha value is -3.98. The summed E-state index contributed by atoms with van der Waals surface area (Å²) in [4.78, 5) is 36.6. The van der Waals surface area contributed by atoms with Crippen molar-refractivity contribution in [3.63, 3.8) is 0 Å². The van der Waals surface area contributed by atoms with E-state index in [4.69, 9.17) is 4.74 Å². The van der Waals surface area contributed by atoms with Gasteiger partial charge in [-0.05, 0) is 70.9 Å². The number of thioether (sulfide) groups is 1. The van der Waals surface area contributed by atoms with Gasteiger partial charge in [0.2, 0.25) is 0 Å². The Morgan fingerprint density at radius 1 is 0.939 bits per heavy atom. The maximum absolute atomic E-state index is 13.1. The molecule has 33 heavy (non-hydrogen) atoms. The highest BCUT2D eigenvalue weighted by atomic mass is 32.2. The molecule has 0 aromatic heterocycles. The van der Waals surface area contributed by atoms with Crippen molar-refractivity contribution >= 4 is 34.7 Å². The molecule has 0 N–H and O–H groups in total. The van der Waals surface area contributed by atoms with E-state index in [0.717, 1.165) is 27.8 Å². The molecular weight excluding hydrogens is 447 g/mol. The quantitative estimate of drug-likeness (QED) is 0.259. The van der Waals surface area contributed by atoms with Gasteiger partial charge >= 0.3 is 0 Å². The van der Waals surface area contributed by atoms with Crippen LogP contribution < -0.4 is 4.74 Å². The minimum atomic E-state index is -0.458. The normalized spacial score (nSPS) is 14.7. The summed E-state index contributed by atoms with van der Waals surface area (Å²) in [5, 5.41) is 10.3. The Kier molecular flexibility index (Phi) is 6.50. The fraction of sp³-hybridized carbons (Fsp3) is 0.0833. The zero-order valence-corrected chi connectivity index (χ0v) is 18.0. The van der Waals surface area contributed by atoms with Crippen molar-refractivity contribution in [1.82, 2.24) is 4.90 Å². The molecule has 4 rings (SSSR count). The van der Waals surface area contributed by atoms with E-state index >= 15 is 0 Å². The molecule has 1 aliphatic rings. The number of nitro benzene ring substituents is 1. The molecule has 0 atom stereocenters. The first kappa shape index (κ1) is 22.2. The van der Waals surface area contributed by atoms with Crippen molar-refractivity contribution in [2.24, 2.45) is 0 Å². The molecule has 9 heteroatoms. The monoisotopic (exact) mass is 464 g/mol. The maximum atomic E-state index is 13.1. The molecule has 0 unspecified atom stereocenters. The number of imide groups is 1. The number of non-ortho nitro benzene ring substituents is 1. The van der Waals surface area contributed by atoms with Crippen LogP contribution in [0.4, 0.5) is 14.9 Å². The predicted molar refractivity (Wildman–Crippen MR) is 122 cm³/mol. The molecule has 2 amide bonds. The third-order valence-corrected chi connectivity index (χ3v) is 5.77. The molecule has 7 nitrogen and oxygen atoms in total. The summed E-state index contributed by atoms with van der Waals surface area (Å²) in [6.45, 7) is 0.331. The Morgan fingerprint density at radius 3 is 2.21 bits per heavy atom. The number of halogens is 1. The van der Waals surface area contributed by atoms with E-state index in [1.165, 1.54) is 36.4 Å². The van der Waals surface area contributed by atoms with E-state index in [9.17, 15) is 24.1 Å². The maximum Gasteiger partial charge on any atom is 0.293 e. The minimum absolute atomic E-state index is 0.0187. The highest BCUT2D eigenvalue weighted by Gasteiger charge is 2.34. The highest BCUT2D eigenvalue weighted by molar-refractivity contribution is 8.18. The SMILES string of the molecule is O=C1S/C(=C\c2ccc(OCc3ccc([N+](=O)[O-])cc3)cc2)C(=O)N1Cc1ccc(F)cc1. The van der Waals surface area contributed by atoms with E-state index in [-0.39, 0.29) is 29.9 Å². The summed E-state index contributed by atoms with van der Waals surface area (Å²) in [5.41, 5.74) is 2.20. The van der Waals surface area contributed by atoms with Gasteiger partial charge in [-0.15, -0.1) is 0 Å². The van der Waals surface area contributed by atoms with Gasteiger partial charge in [-0.1, -0.05) is 24.3 Å². The van der Waals surface area contributed by atoms with Crippen LogP contribution in [0.1, 0.15) is 16.7 Å². The lowest BCUT2D eigenvalue weighted by Crippen LogP contribution is -2.27. The summed E-state index contributed by atoms with van der Waals surface area (Å²) in [5.74, 6) is -0.185. The fourth-order valence-corrected chi connectivity index (χ4v) is 3.94. The number of carbonyl (C=O) groups is 2. The van der Waals surface area contributed by atoms with Gasteiger partial charge < -0.3 is 4.74 Å². The first-order valence-electron chi connectivity index (χ1n) is 9.85. The van der Waals surface area contributed by atoms with Gasteiger partial charge in [0.1, 0.15) is 18.2 Å². The van der Waals surface area contributed by atoms with Gasteiger partial charge in [0.15, 0.2) is 0 Å². The van der Waals surface area contributed by atoms with Gasteiger partial charge in [-0.3, -0.25) is 24.6 Å². The lowest BCUT2D eigenvalue weighted by molar-refractivity contribution is -0.384. The Morgan fingerprint density at radius 2 is 1.58 bits per heavy atom. The number of nitro groups is 1. The zero-order chi connectivity index (χ0) is 23.4. The molecule has 166 valence electrons. The molecule has 3 aromatic carbocycles. The summed E-state index contributed by atoms with van der Waals surface area (Å²) in [7, 11) is 0. The van der Waals surface area contributed by atoms with E-state index in [1.807, 2.05) is 0 Å². The highest BCUT2D eigenvalue weighted by Crippen LogP contribution is 2.33.